The molecule has 4 rings (SSSR count). The van der Waals surface area contributed by atoms with Gasteiger partial charge in [-0.25, -0.2) is 0 Å². The summed E-state index contributed by atoms with van der Waals surface area (Å²) in [5.41, 5.74) is 1.92. The van der Waals surface area contributed by atoms with Crippen LogP contribution in [0.4, 0.5) is 0 Å². The van der Waals surface area contributed by atoms with Gasteiger partial charge in [-0.2, -0.15) is 0 Å². The van der Waals surface area contributed by atoms with Crippen LogP contribution >= 0.6 is 0 Å². The quantitative estimate of drug-likeness (QED) is 0.745. The topological polar surface area (TPSA) is 12.0 Å². The van der Waals surface area contributed by atoms with Gasteiger partial charge in [-0.05, 0) is 79.6 Å². The van der Waals surface area contributed by atoms with Gasteiger partial charge in [0.05, 0.1) is 0 Å². The molecular formula is C19H35N. The largest absolute Gasteiger partial charge is 0.314 e. The summed E-state index contributed by atoms with van der Waals surface area (Å²) in [5, 5.41) is 3.91. The summed E-state index contributed by atoms with van der Waals surface area (Å²) in [6, 6.07) is 0.759. The molecule has 4 saturated carbocycles. The van der Waals surface area contributed by atoms with Crippen molar-refractivity contribution in [3.05, 3.63) is 0 Å². The van der Waals surface area contributed by atoms with E-state index in [1.165, 1.54) is 44.9 Å². The maximum atomic E-state index is 3.91. The first kappa shape index (κ1) is 14.9. The number of hydrogen-bond acceptors (Lipinski definition) is 1. The lowest BCUT2D eigenvalue weighted by Gasteiger charge is -2.67. The molecule has 0 amide bonds. The Morgan fingerprint density at radius 2 is 1.60 bits per heavy atom. The lowest BCUT2D eigenvalue weighted by atomic mass is 9.39. The fourth-order valence-corrected chi connectivity index (χ4v) is 7.19. The lowest BCUT2D eigenvalue weighted by molar-refractivity contribution is -0.159. The van der Waals surface area contributed by atoms with Gasteiger partial charge in [-0.1, -0.05) is 34.6 Å². The van der Waals surface area contributed by atoms with E-state index in [1.807, 2.05) is 0 Å². The molecule has 0 heterocycles. The van der Waals surface area contributed by atoms with Crippen molar-refractivity contribution >= 4 is 0 Å². The molecule has 4 bridgehead atoms. The summed E-state index contributed by atoms with van der Waals surface area (Å²) in [6.45, 7) is 13.4. The first-order valence-electron chi connectivity index (χ1n) is 9.02. The zero-order valence-electron chi connectivity index (χ0n) is 14.4. The molecule has 0 spiro atoms. The smallest absolute Gasteiger partial charge is 0.0126 e. The van der Waals surface area contributed by atoms with E-state index in [4.69, 9.17) is 0 Å². The van der Waals surface area contributed by atoms with Crippen LogP contribution in [0.3, 0.4) is 0 Å². The molecular weight excluding hydrogens is 242 g/mol. The Labute approximate surface area is 126 Å². The average Bonchev–Trinajstić information content (AvgIpc) is 2.22. The zero-order chi connectivity index (χ0) is 14.6. The molecule has 0 aromatic heterocycles. The van der Waals surface area contributed by atoms with Gasteiger partial charge in [-0.3, -0.25) is 0 Å². The minimum atomic E-state index is 0.614. The van der Waals surface area contributed by atoms with Crippen LogP contribution in [0.15, 0.2) is 0 Å². The molecule has 116 valence electrons. The Morgan fingerprint density at radius 1 is 1.00 bits per heavy atom. The standard InChI is InChI=1S/C19H35N/c1-6-20-16(7-14(2)3)19-10-15-8-17(4,12-19)11-18(5,9-15)13-19/h14-16,20H,6-13H2,1-5H3. The van der Waals surface area contributed by atoms with Crippen LogP contribution in [0.5, 0.6) is 0 Å². The molecule has 4 aliphatic carbocycles. The van der Waals surface area contributed by atoms with Gasteiger partial charge in [0.25, 0.3) is 0 Å². The predicted octanol–water partition coefficient (Wildman–Crippen LogP) is 5.01. The van der Waals surface area contributed by atoms with Crippen LogP contribution in [-0.4, -0.2) is 12.6 Å². The minimum Gasteiger partial charge on any atom is -0.314 e. The highest BCUT2D eigenvalue weighted by Gasteiger charge is 2.61. The Hall–Kier alpha value is -0.0400. The second-order valence-electron chi connectivity index (χ2n) is 9.73. The lowest BCUT2D eigenvalue weighted by Crippen LogP contribution is -2.61. The SMILES string of the molecule is CCNC(CC(C)C)C12CC3CC(C)(CC(C)(C3)C1)C2. The second kappa shape index (κ2) is 4.73. The van der Waals surface area contributed by atoms with E-state index < -0.39 is 0 Å². The molecule has 20 heavy (non-hydrogen) atoms. The van der Waals surface area contributed by atoms with Gasteiger partial charge in [0.2, 0.25) is 0 Å². The summed E-state index contributed by atoms with van der Waals surface area (Å²) in [4.78, 5) is 0. The van der Waals surface area contributed by atoms with Gasteiger partial charge in [-0.15, -0.1) is 0 Å². The summed E-state index contributed by atoms with van der Waals surface area (Å²) < 4.78 is 0. The maximum absolute atomic E-state index is 3.91. The van der Waals surface area contributed by atoms with Gasteiger partial charge >= 0.3 is 0 Å². The van der Waals surface area contributed by atoms with Crippen LogP contribution < -0.4 is 5.32 Å². The first-order valence-corrected chi connectivity index (χ1v) is 9.02. The Kier molecular flexibility index (Phi) is 3.52. The molecule has 0 aromatic carbocycles. The average molecular weight is 277 g/mol. The van der Waals surface area contributed by atoms with Gasteiger partial charge in [0.15, 0.2) is 0 Å². The molecule has 3 unspecified atom stereocenters. The van der Waals surface area contributed by atoms with Crippen molar-refractivity contribution in [2.75, 3.05) is 6.54 Å². The van der Waals surface area contributed by atoms with E-state index in [2.05, 4.69) is 39.9 Å². The van der Waals surface area contributed by atoms with Crippen molar-refractivity contribution < 1.29 is 0 Å². The first-order chi connectivity index (χ1) is 9.28. The Balaban J connectivity index is 1.90. The highest BCUT2D eigenvalue weighted by molar-refractivity contribution is 5.13. The molecule has 0 radical (unpaired) electrons. The highest BCUT2D eigenvalue weighted by Crippen LogP contribution is 2.70. The molecule has 4 aliphatic rings. The van der Waals surface area contributed by atoms with Crippen LogP contribution in [0.1, 0.15) is 79.6 Å². The van der Waals surface area contributed by atoms with Crippen LogP contribution in [0.25, 0.3) is 0 Å². The Morgan fingerprint density at radius 3 is 2.05 bits per heavy atom. The van der Waals surface area contributed by atoms with E-state index in [-0.39, 0.29) is 0 Å². The molecule has 0 saturated heterocycles. The zero-order valence-corrected chi connectivity index (χ0v) is 14.4. The predicted molar refractivity (Wildman–Crippen MR) is 86.8 cm³/mol. The molecule has 4 fully saturated rings. The van der Waals surface area contributed by atoms with E-state index in [0.29, 0.717) is 16.2 Å². The number of rotatable bonds is 5. The molecule has 1 nitrogen and oxygen atoms in total. The van der Waals surface area contributed by atoms with Crippen LogP contribution in [0, 0.1) is 28.1 Å². The third-order valence-electron chi connectivity index (χ3n) is 6.57. The summed E-state index contributed by atoms with van der Waals surface area (Å²) in [7, 11) is 0. The van der Waals surface area contributed by atoms with Gasteiger partial charge in [0, 0.05) is 6.04 Å². The number of nitrogens with one attached hydrogen (secondary N) is 1. The monoisotopic (exact) mass is 277 g/mol. The van der Waals surface area contributed by atoms with Crippen molar-refractivity contribution in [1.29, 1.82) is 0 Å². The molecule has 0 aliphatic heterocycles. The minimum absolute atomic E-state index is 0.614. The number of hydrogen-bond donors (Lipinski definition) is 1. The fraction of sp³-hybridized carbons (Fsp3) is 1.00. The van der Waals surface area contributed by atoms with Crippen molar-refractivity contribution in [3.63, 3.8) is 0 Å². The molecule has 3 atom stereocenters. The maximum Gasteiger partial charge on any atom is 0.0126 e. The third kappa shape index (κ3) is 2.45. The third-order valence-corrected chi connectivity index (χ3v) is 6.57. The summed E-state index contributed by atoms with van der Waals surface area (Å²) >= 11 is 0. The highest BCUT2D eigenvalue weighted by atomic mass is 14.9. The molecule has 0 aromatic rings. The fourth-order valence-electron chi connectivity index (χ4n) is 7.19. The Bertz CT molecular complexity index is 354. The molecule has 1 heteroatoms. The van der Waals surface area contributed by atoms with E-state index in [0.717, 1.165) is 24.4 Å². The summed E-state index contributed by atoms with van der Waals surface area (Å²) in [6.07, 6.45) is 10.4. The van der Waals surface area contributed by atoms with Crippen LogP contribution in [-0.2, 0) is 0 Å². The van der Waals surface area contributed by atoms with E-state index >= 15 is 0 Å². The van der Waals surface area contributed by atoms with Crippen molar-refractivity contribution in [1.82, 2.24) is 5.32 Å². The van der Waals surface area contributed by atoms with E-state index in [9.17, 15) is 0 Å². The van der Waals surface area contributed by atoms with Crippen molar-refractivity contribution in [2.24, 2.45) is 28.1 Å². The van der Waals surface area contributed by atoms with Crippen LogP contribution in [0.2, 0.25) is 0 Å². The van der Waals surface area contributed by atoms with Crippen molar-refractivity contribution in [3.8, 4) is 0 Å². The van der Waals surface area contributed by atoms with Gasteiger partial charge < -0.3 is 5.32 Å². The molecule has 1 N–H and O–H groups in total. The van der Waals surface area contributed by atoms with Crippen molar-refractivity contribution in [2.45, 2.75) is 85.6 Å². The van der Waals surface area contributed by atoms with E-state index in [1.54, 1.807) is 0 Å². The van der Waals surface area contributed by atoms with Gasteiger partial charge in [0.1, 0.15) is 0 Å². The second-order valence-corrected chi connectivity index (χ2v) is 9.73. The summed E-state index contributed by atoms with van der Waals surface area (Å²) in [5.74, 6) is 1.84. The normalized spacial score (nSPS) is 48.0.